The molecule has 1 fully saturated rings. The number of rotatable bonds is 8. The summed E-state index contributed by atoms with van der Waals surface area (Å²) in [5, 5.41) is 10.0. The highest BCUT2D eigenvalue weighted by molar-refractivity contribution is 6.03. The van der Waals surface area contributed by atoms with Gasteiger partial charge in [-0.3, -0.25) is 9.78 Å². The number of alkyl halides is 3. The van der Waals surface area contributed by atoms with Crippen LogP contribution >= 0.6 is 0 Å². The number of halogens is 3. The van der Waals surface area contributed by atoms with Gasteiger partial charge in [-0.15, -0.1) is 0 Å². The van der Waals surface area contributed by atoms with E-state index in [0.29, 0.717) is 17.3 Å². The monoisotopic (exact) mass is 491 g/mol. The normalized spacial score (nSPS) is 14.4. The minimum atomic E-state index is -4.68. The molecule has 0 aliphatic heterocycles. The molecular formula is C27H24F3N5O. The summed E-state index contributed by atoms with van der Waals surface area (Å²) < 4.78 is 41.2. The Labute approximate surface area is 206 Å². The van der Waals surface area contributed by atoms with Gasteiger partial charge < -0.3 is 10.6 Å². The molecule has 9 heteroatoms. The number of carbonyl (C=O) groups excluding carboxylic acids is 1. The lowest BCUT2D eigenvalue weighted by Crippen LogP contribution is -2.25. The third-order valence-corrected chi connectivity index (χ3v) is 6.06. The Morgan fingerprint density at radius 3 is 2.42 bits per heavy atom. The molecule has 6 nitrogen and oxygen atoms in total. The van der Waals surface area contributed by atoms with Gasteiger partial charge >= 0.3 is 6.18 Å². The SMILES string of the molecule is O=C(Nc1cccc(C(NCC2CC2)c2ccncc2)c1)c1cc(C(F)(F)F)nn1-c1ccccc1. The third-order valence-electron chi connectivity index (χ3n) is 6.06. The van der Waals surface area contributed by atoms with Crippen molar-refractivity contribution in [2.75, 3.05) is 11.9 Å². The summed E-state index contributed by atoms with van der Waals surface area (Å²) in [5.74, 6) is -0.0243. The van der Waals surface area contributed by atoms with Crippen molar-refractivity contribution in [1.29, 1.82) is 0 Å². The summed E-state index contributed by atoms with van der Waals surface area (Å²) in [6.07, 6.45) is 1.20. The van der Waals surface area contributed by atoms with Gasteiger partial charge in [0.25, 0.3) is 5.91 Å². The number of anilines is 1. The summed E-state index contributed by atoms with van der Waals surface area (Å²) in [4.78, 5) is 17.3. The highest BCUT2D eigenvalue weighted by atomic mass is 19.4. The second kappa shape index (κ2) is 9.94. The molecule has 1 aliphatic carbocycles. The van der Waals surface area contributed by atoms with Gasteiger partial charge in [0.1, 0.15) is 5.69 Å². The topological polar surface area (TPSA) is 71.8 Å². The number of amides is 1. The second-order valence-electron chi connectivity index (χ2n) is 8.80. The fourth-order valence-corrected chi connectivity index (χ4v) is 4.03. The van der Waals surface area contributed by atoms with Crippen LogP contribution in [-0.4, -0.2) is 27.2 Å². The van der Waals surface area contributed by atoms with Gasteiger partial charge in [-0.1, -0.05) is 30.3 Å². The first-order valence-electron chi connectivity index (χ1n) is 11.7. The average Bonchev–Trinajstić information content (AvgIpc) is 3.59. The lowest BCUT2D eigenvalue weighted by Gasteiger charge is -2.20. The number of pyridine rings is 1. The van der Waals surface area contributed by atoms with E-state index < -0.39 is 17.8 Å². The van der Waals surface area contributed by atoms with Gasteiger partial charge in [0.05, 0.1) is 11.7 Å². The van der Waals surface area contributed by atoms with Crippen LogP contribution in [0.5, 0.6) is 0 Å². The Hall–Kier alpha value is -3.98. The van der Waals surface area contributed by atoms with Crippen molar-refractivity contribution in [3.05, 3.63) is 108 Å². The van der Waals surface area contributed by atoms with Gasteiger partial charge in [0.15, 0.2) is 5.69 Å². The zero-order chi connectivity index (χ0) is 25.1. The number of nitrogens with zero attached hydrogens (tertiary/aromatic N) is 3. The van der Waals surface area contributed by atoms with Crippen LogP contribution in [0.4, 0.5) is 18.9 Å². The second-order valence-corrected chi connectivity index (χ2v) is 8.80. The minimum absolute atomic E-state index is 0.114. The van der Waals surface area contributed by atoms with E-state index in [1.807, 2.05) is 30.3 Å². The van der Waals surface area contributed by atoms with E-state index in [-0.39, 0.29) is 11.7 Å². The maximum absolute atomic E-state index is 13.4. The van der Waals surface area contributed by atoms with Gasteiger partial charge in [-0.25, -0.2) is 4.68 Å². The number of carbonyl (C=O) groups is 1. The standard InChI is InChI=1S/C27H24F3N5O/c28-27(29,30)24-16-23(35(34-24)22-7-2-1-3-8-22)26(36)33-21-6-4-5-20(15-21)25(32-17-18-9-10-18)19-11-13-31-14-12-19/h1-8,11-16,18,25,32H,9-10,17H2,(H,33,36). The van der Waals surface area contributed by atoms with Crippen LogP contribution in [0.15, 0.2) is 85.2 Å². The molecule has 5 rings (SSSR count). The van der Waals surface area contributed by atoms with Crippen LogP contribution in [0.1, 0.15) is 46.2 Å². The smallest absolute Gasteiger partial charge is 0.321 e. The molecule has 0 bridgehead atoms. The average molecular weight is 492 g/mol. The van der Waals surface area contributed by atoms with Crippen molar-refractivity contribution in [3.8, 4) is 5.69 Å². The molecule has 2 aromatic carbocycles. The van der Waals surface area contributed by atoms with Gasteiger partial charge in [0, 0.05) is 24.1 Å². The maximum atomic E-state index is 13.4. The first-order chi connectivity index (χ1) is 17.4. The van der Waals surface area contributed by atoms with Crippen molar-refractivity contribution in [3.63, 3.8) is 0 Å². The molecule has 0 radical (unpaired) electrons. The number of benzene rings is 2. The van der Waals surface area contributed by atoms with Gasteiger partial charge in [-0.05, 0) is 72.8 Å². The summed E-state index contributed by atoms with van der Waals surface area (Å²) in [7, 11) is 0. The highest BCUT2D eigenvalue weighted by Crippen LogP contribution is 2.32. The van der Waals surface area contributed by atoms with Crippen molar-refractivity contribution >= 4 is 11.6 Å². The molecular weight excluding hydrogens is 467 g/mol. The molecule has 0 spiro atoms. The first-order valence-corrected chi connectivity index (χ1v) is 11.7. The zero-order valence-corrected chi connectivity index (χ0v) is 19.2. The lowest BCUT2D eigenvalue weighted by atomic mass is 9.99. The zero-order valence-electron chi connectivity index (χ0n) is 19.2. The molecule has 2 heterocycles. The van der Waals surface area contributed by atoms with E-state index in [4.69, 9.17) is 0 Å². The van der Waals surface area contributed by atoms with Crippen LogP contribution in [-0.2, 0) is 6.18 Å². The van der Waals surface area contributed by atoms with E-state index in [2.05, 4.69) is 20.7 Å². The summed E-state index contributed by atoms with van der Waals surface area (Å²) in [6, 6.07) is 20.1. The largest absolute Gasteiger partial charge is 0.435 e. The fraction of sp³-hybridized carbons (Fsp3) is 0.222. The van der Waals surface area contributed by atoms with E-state index in [1.165, 1.54) is 12.8 Å². The lowest BCUT2D eigenvalue weighted by molar-refractivity contribution is -0.141. The predicted octanol–water partition coefficient (Wildman–Crippen LogP) is 5.63. The summed E-state index contributed by atoms with van der Waals surface area (Å²) >= 11 is 0. The highest BCUT2D eigenvalue weighted by Gasteiger charge is 2.36. The Morgan fingerprint density at radius 1 is 0.972 bits per heavy atom. The molecule has 0 saturated heterocycles. The van der Waals surface area contributed by atoms with Crippen LogP contribution in [0.3, 0.4) is 0 Å². The molecule has 1 amide bonds. The van der Waals surface area contributed by atoms with E-state index in [0.717, 1.165) is 28.4 Å². The van der Waals surface area contributed by atoms with Crippen molar-refractivity contribution in [2.24, 2.45) is 5.92 Å². The Bertz CT molecular complexity index is 1330. The van der Waals surface area contributed by atoms with E-state index >= 15 is 0 Å². The molecule has 4 aromatic rings. The number of hydrogen-bond acceptors (Lipinski definition) is 4. The molecule has 184 valence electrons. The predicted molar refractivity (Wildman–Crippen MR) is 130 cm³/mol. The Kier molecular flexibility index (Phi) is 6.56. The molecule has 2 aromatic heterocycles. The van der Waals surface area contributed by atoms with Crippen molar-refractivity contribution in [2.45, 2.75) is 25.1 Å². The maximum Gasteiger partial charge on any atom is 0.435 e. The van der Waals surface area contributed by atoms with Gasteiger partial charge in [-0.2, -0.15) is 18.3 Å². The van der Waals surface area contributed by atoms with E-state index in [1.54, 1.807) is 48.8 Å². The molecule has 1 aliphatic rings. The van der Waals surface area contributed by atoms with Crippen molar-refractivity contribution < 1.29 is 18.0 Å². The number of hydrogen-bond donors (Lipinski definition) is 2. The van der Waals surface area contributed by atoms with Crippen LogP contribution < -0.4 is 10.6 Å². The van der Waals surface area contributed by atoms with Gasteiger partial charge in [0.2, 0.25) is 0 Å². The molecule has 1 saturated carbocycles. The Morgan fingerprint density at radius 2 is 1.72 bits per heavy atom. The van der Waals surface area contributed by atoms with E-state index in [9.17, 15) is 18.0 Å². The van der Waals surface area contributed by atoms with Crippen molar-refractivity contribution in [1.82, 2.24) is 20.1 Å². The summed E-state index contributed by atoms with van der Waals surface area (Å²) in [6.45, 7) is 0.875. The fourth-order valence-electron chi connectivity index (χ4n) is 4.03. The first kappa shape index (κ1) is 23.7. The molecule has 2 N–H and O–H groups in total. The Balaban J connectivity index is 1.43. The summed E-state index contributed by atoms with van der Waals surface area (Å²) in [5.41, 5.74) is 1.44. The van der Waals surface area contributed by atoms with Crippen LogP contribution in [0.2, 0.25) is 0 Å². The molecule has 1 unspecified atom stereocenters. The number of aromatic nitrogens is 3. The van der Waals surface area contributed by atoms with Crippen LogP contribution in [0.25, 0.3) is 5.69 Å². The number of para-hydroxylation sites is 1. The number of nitrogens with one attached hydrogen (secondary N) is 2. The minimum Gasteiger partial charge on any atom is -0.321 e. The quantitative estimate of drug-likeness (QED) is 0.335. The third kappa shape index (κ3) is 5.46. The molecule has 36 heavy (non-hydrogen) atoms. The van der Waals surface area contributed by atoms with Crippen LogP contribution in [0, 0.1) is 5.92 Å². The molecule has 1 atom stereocenters.